The van der Waals surface area contributed by atoms with Gasteiger partial charge in [0.2, 0.25) is 0 Å². The van der Waals surface area contributed by atoms with Crippen LogP contribution in [0.15, 0.2) is 22.6 Å². The van der Waals surface area contributed by atoms with Gasteiger partial charge in [0.25, 0.3) is 5.89 Å². The van der Waals surface area contributed by atoms with E-state index in [-0.39, 0.29) is 18.1 Å². The SMILES string of the molecule is CC(=O)c1cc(C2CC2)cc2c(C)cc(-c3nnc(NCC4OCCO4)o3)nc12. The molecule has 2 aliphatic rings. The van der Waals surface area contributed by atoms with Crippen LogP contribution in [0.3, 0.4) is 0 Å². The molecule has 0 radical (unpaired) electrons. The van der Waals surface area contributed by atoms with Crippen LogP contribution in [0.25, 0.3) is 22.5 Å². The average molecular weight is 394 g/mol. The van der Waals surface area contributed by atoms with E-state index in [4.69, 9.17) is 18.9 Å². The van der Waals surface area contributed by atoms with E-state index in [0.29, 0.717) is 48.3 Å². The highest BCUT2D eigenvalue weighted by atomic mass is 16.7. The van der Waals surface area contributed by atoms with E-state index in [2.05, 4.69) is 21.6 Å². The molecule has 1 aliphatic heterocycles. The monoisotopic (exact) mass is 394 g/mol. The summed E-state index contributed by atoms with van der Waals surface area (Å²) in [6.07, 6.45) is 2.05. The third-order valence-corrected chi connectivity index (χ3v) is 5.33. The highest BCUT2D eigenvalue weighted by Crippen LogP contribution is 2.42. The molecule has 5 rings (SSSR count). The second-order valence-electron chi connectivity index (χ2n) is 7.58. The van der Waals surface area contributed by atoms with Crippen LogP contribution in [0.4, 0.5) is 6.01 Å². The molecule has 1 aliphatic carbocycles. The fourth-order valence-electron chi connectivity index (χ4n) is 3.64. The molecule has 0 bridgehead atoms. The first-order chi connectivity index (χ1) is 14.1. The molecule has 2 fully saturated rings. The number of pyridine rings is 1. The summed E-state index contributed by atoms with van der Waals surface area (Å²) >= 11 is 0. The summed E-state index contributed by atoms with van der Waals surface area (Å²) < 4.78 is 16.5. The quantitative estimate of drug-likeness (QED) is 0.635. The van der Waals surface area contributed by atoms with Crippen molar-refractivity contribution in [1.82, 2.24) is 15.2 Å². The van der Waals surface area contributed by atoms with Gasteiger partial charge >= 0.3 is 6.01 Å². The van der Waals surface area contributed by atoms with Crippen LogP contribution in [-0.2, 0) is 9.47 Å². The molecule has 3 aromatic rings. The smallest absolute Gasteiger partial charge is 0.315 e. The zero-order valence-corrected chi connectivity index (χ0v) is 16.4. The van der Waals surface area contributed by atoms with Crippen molar-refractivity contribution in [3.8, 4) is 11.6 Å². The number of aryl methyl sites for hydroxylation is 1. The Morgan fingerprint density at radius 2 is 1.97 bits per heavy atom. The lowest BCUT2D eigenvalue weighted by Gasteiger charge is -2.10. The fraction of sp³-hybridized carbons (Fsp3) is 0.429. The third-order valence-electron chi connectivity index (χ3n) is 5.33. The van der Waals surface area contributed by atoms with Gasteiger partial charge < -0.3 is 19.2 Å². The van der Waals surface area contributed by atoms with Gasteiger partial charge in [-0.25, -0.2) is 4.98 Å². The summed E-state index contributed by atoms with van der Waals surface area (Å²) in [5, 5.41) is 12.1. The Morgan fingerprint density at radius 1 is 1.17 bits per heavy atom. The molecule has 0 amide bonds. The number of hydrogen-bond donors (Lipinski definition) is 1. The molecular weight excluding hydrogens is 372 g/mol. The number of Topliss-reactive ketones (excluding diaryl/α,β-unsaturated/α-hetero) is 1. The van der Waals surface area contributed by atoms with Gasteiger partial charge in [0.1, 0.15) is 5.69 Å². The van der Waals surface area contributed by atoms with E-state index in [9.17, 15) is 4.79 Å². The Hall–Kier alpha value is -2.84. The van der Waals surface area contributed by atoms with E-state index < -0.39 is 0 Å². The normalized spacial score (nSPS) is 17.2. The average Bonchev–Trinajstić information content (AvgIpc) is 3.22. The minimum atomic E-state index is -0.315. The Bertz CT molecular complexity index is 1080. The van der Waals surface area contributed by atoms with Gasteiger partial charge in [0, 0.05) is 10.9 Å². The van der Waals surface area contributed by atoms with Crippen molar-refractivity contribution in [1.29, 1.82) is 0 Å². The molecular formula is C21H22N4O4. The molecule has 8 heteroatoms. The van der Waals surface area contributed by atoms with E-state index >= 15 is 0 Å². The highest BCUT2D eigenvalue weighted by molar-refractivity contribution is 6.07. The van der Waals surface area contributed by atoms with Gasteiger partial charge in [-0.1, -0.05) is 5.10 Å². The third kappa shape index (κ3) is 3.61. The summed E-state index contributed by atoms with van der Waals surface area (Å²) in [7, 11) is 0. The maximum atomic E-state index is 12.3. The van der Waals surface area contributed by atoms with Crippen molar-refractivity contribution >= 4 is 22.7 Å². The minimum absolute atomic E-state index is 0.00555. The molecule has 0 unspecified atom stereocenters. The summed E-state index contributed by atoms with van der Waals surface area (Å²) in [6.45, 7) is 5.19. The van der Waals surface area contributed by atoms with Gasteiger partial charge in [-0.3, -0.25) is 4.79 Å². The van der Waals surface area contributed by atoms with Crippen molar-refractivity contribution in [2.24, 2.45) is 0 Å². The number of aromatic nitrogens is 3. The van der Waals surface area contributed by atoms with Crippen molar-refractivity contribution in [2.45, 2.75) is 38.9 Å². The van der Waals surface area contributed by atoms with Gasteiger partial charge in [0.05, 0.1) is 25.3 Å². The molecule has 2 aromatic heterocycles. The molecule has 0 spiro atoms. The van der Waals surface area contributed by atoms with Gasteiger partial charge in [-0.05, 0) is 61.9 Å². The summed E-state index contributed by atoms with van der Waals surface area (Å²) in [4.78, 5) is 17.0. The Labute approximate surface area is 167 Å². The number of carbonyl (C=O) groups excluding carboxylic acids is 1. The lowest BCUT2D eigenvalue weighted by Crippen LogP contribution is -2.20. The lowest BCUT2D eigenvalue weighted by molar-refractivity contribution is -0.0302. The van der Waals surface area contributed by atoms with Crippen molar-refractivity contribution < 1.29 is 18.7 Å². The molecule has 8 nitrogen and oxygen atoms in total. The largest absolute Gasteiger partial charge is 0.402 e. The molecule has 1 saturated carbocycles. The van der Waals surface area contributed by atoms with Crippen LogP contribution >= 0.6 is 0 Å². The maximum absolute atomic E-state index is 12.3. The van der Waals surface area contributed by atoms with E-state index in [1.165, 1.54) is 18.4 Å². The standard InChI is InChI=1S/C21H22N4O4/c1-11-7-17(20-24-25-21(29-20)22-10-18-27-5-6-28-18)23-19-15(11)8-14(13-3-4-13)9-16(19)12(2)26/h7-9,13,18H,3-6,10H2,1-2H3,(H,22,25). The Kier molecular flexibility index (Phi) is 4.52. The minimum Gasteiger partial charge on any atom is -0.402 e. The number of rotatable bonds is 6. The van der Waals surface area contributed by atoms with Crippen LogP contribution in [0.5, 0.6) is 0 Å². The molecule has 150 valence electrons. The maximum Gasteiger partial charge on any atom is 0.315 e. The number of ether oxygens (including phenoxy) is 2. The number of fused-ring (bicyclic) bond motifs is 1. The first-order valence-corrected chi connectivity index (χ1v) is 9.85. The van der Waals surface area contributed by atoms with Crippen LogP contribution in [0.1, 0.15) is 47.2 Å². The fourth-order valence-corrected chi connectivity index (χ4v) is 3.64. The lowest BCUT2D eigenvalue weighted by atomic mass is 9.97. The topological polar surface area (TPSA) is 99.4 Å². The molecule has 29 heavy (non-hydrogen) atoms. The van der Waals surface area contributed by atoms with Gasteiger partial charge in [-0.2, -0.15) is 0 Å². The Balaban J connectivity index is 1.48. The van der Waals surface area contributed by atoms with Crippen LogP contribution in [-0.4, -0.2) is 47.0 Å². The van der Waals surface area contributed by atoms with E-state index in [1.54, 1.807) is 6.92 Å². The van der Waals surface area contributed by atoms with Crippen molar-refractivity contribution in [3.63, 3.8) is 0 Å². The summed E-state index contributed by atoms with van der Waals surface area (Å²) in [6, 6.07) is 6.34. The number of benzene rings is 1. The highest BCUT2D eigenvalue weighted by Gasteiger charge is 2.26. The zero-order chi connectivity index (χ0) is 20.0. The van der Waals surface area contributed by atoms with Crippen molar-refractivity contribution in [3.05, 3.63) is 34.9 Å². The van der Waals surface area contributed by atoms with E-state index in [0.717, 1.165) is 10.9 Å². The number of nitrogens with one attached hydrogen (secondary N) is 1. The second kappa shape index (κ2) is 7.20. The predicted molar refractivity (Wildman–Crippen MR) is 106 cm³/mol. The van der Waals surface area contributed by atoms with Gasteiger partial charge in [0.15, 0.2) is 12.1 Å². The van der Waals surface area contributed by atoms with Crippen LogP contribution in [0, 0.1) is 6.92 Å². The number of carbonyl (C=O) groups is 1. The number of anilines is 1. The molecule has 3 heterocycles. The number of ketones is 1. The molecule has 1 N–H and O–H groups in total. The second-order valence-corrected chi connectivity index (χ2v) is 7.58. The van der Waals surface area contributed by atoms with Crippen LogP contribution < -0.4 is 5.32 Å². The summed E-state index contributed by atoms with van der Waals surface area (Å²) in [5.74, 6) is 0.867. The predicted octanol–water partition coefficient (Wildman–Crippen LogP) is 3.46. The first-order valence-electron chi connectivity index (χ1n) is 9.85. The zero-order valence-electron chi connectivity index (χ0n) is 16.4. The number of hydrogen-bond acceptors (Lipinski definition) is 8. The van der Waals surface area contributed by atoms with Gasteiger partial charge in [-0.15, -0.1) is 5.10 Å². The van der Waals surface area contributed by atoms with Crippen molar-refractivity contribution in [2.75, 3.05) is 25.1 Å². The van der Waals surface area contributed by atoms with E-state index in [1.807, 2.05) is 19.1 Å². The molecule has 1 aromatic carbocycles. The van der Waals surface area contributed by atoms with Crippen LogP contribution in [0.2, 0.25) is 0 Å². The Morgan fingerprint density at radius 3 is 2.69 bits per heavy atom. The molecule has 1 saturated heterocycles. The number of nitrogens with zero attached hydrogens (tertiary/aromatic N) is 3. The molecule has 0 atom stereocenters. The summed E-state index contributed by atoms with van der Waals surface area (Å²) in [5.41, 5.74) is 4.11. The first kappa shape index (κ1) is 18.2.